The van der Waals surface area contributed by atoms with Crippen LogP contribution in [0.4, 0.5) is 0 Å². The summed E-state index contributed by atoms with van der Waals surface area (Å²) in [7, 11) is 0. The predicted octanol–water partition coefficient (Wildman–Crippen LogP) is -0.997. The van der Waals surface area contributed by atoms with Crippen LogP contribution in [0, 0.1) is 0 Å². The number of aliphatic hydroxyl groups is 4. The second-order valence-corrected chi connectivity index (χ2v) is 4.49. The zero-order valence-electron chi connectivity index (χ0n) is 10.3. The molecule has 0 unspecified atom stereocenters. The third kappa shape index (κ3) is 3.30. The molecule has 0 aliphatic carbocycles. The van der Waals surface area contributed by atoms with Gasteiger partial charge >= 0.3 is 0 Å². The third-order valence-corrected chi connectivity index (χ3v) is 3.11. The maximum absolute atomic E-state index is 9.76. The van der Waals surface area contributed by atoms with E-state index in [1.807, 2.05) is 30.3 Å². The summed E-state index contributed by atoms with van der Waals surface area (Å²) in [4.78, 5) is 0. The molecule has 6 nitrogen and oxygen atoms in total. The molecule has 1 aliphatic rings. The highest BCUT2D eigenvalue weighted by Crippen LogP contribution is 2.22. The monoisotopic (exact) mass is 270 g/mol. The van der Waals surface area contributed by atoms with Crippen molar-refractivity contribution >= 4 is 0 Å². The van der Waals surface area contributed by atoms with E-state index in [9.17, 15) is 15.3 Å². The number of aliphatic hydroxyl groups excluding tert-OH is 4. The molecule has 106 valence electrons. The Morgan fingerprint density at radius 3 is 2.32 bits per heavy atom. The van der Waals surface area contributed by atoms with Crippen LogP contribution in [0.5, 0.6) is 0 Å². The van der Waals surface area contributed by atoms with E-state index >= 15 is 0 Å². The minimum absolute atomic E-state index is 0.198. The lowest BCUT2D eigenvalue weighted by Gasteiger charge is -2.39. The van der Waals surface area contributed by atoms with Gasteiger partial charge in [0.25, 0.3) is 0 Å². The molecule has 1 heterocycles. The highest BCUT2D eigenvalue weighted by molar-refractivity contribution is 5.13. The molecule has 0 aromatic heterocycles. The second kappa shape index (κ2) is 6.42. The first-order chi connectivity index (χ1) is 9.13. The molecule has 2 rings (SSSR count). The van der Waals surface area contributed by atoms with Gasteiger partial charge in [0.2, 0.25) is 0 Å². The van der Waals surface area contributed by atoms with E-state index in [4.69, 9.17) is 14.6 Å². The van der Waals surface area contributed by atoms with Crippen LogP contribution in [-0.2, 0) is 16.1 Å². The van der Waals surface area contributed by atoms with Crippen molar-refractivity contribution in [2.45, 2.75) is 37.3 Å². The maximum atomic E-state index is 9.76. The van der Waals surface area contributed by atoms with E-state index in [-0.39, 0.29) is 6.61 Å². The van der Waals surface area contributed by atoms with Gasteiger partial charge in [-0.25, -0.2) is 0 Å². The van der Waals surface area contributed by atoms with Gasteiger partial charge in [0, 0.05) is 0 Å². The summed E-state index contributed by atoms with van der Waals surface area (Å²) in [6.45, 7) is -0.264. The quantitative estimate of drug-likeness (QED) is 0.560. The Morgan fingerprint density at radius 2 is 1.68 bits per heavy atom. The van der Waals surface area contributed by atoms with Gasteiger partial charge in [0.1, 0.15) is 24.4 Å². The highest BCUT2D eigenvalue weighted by atomic mass is 16.7. The summed E-state index contributed by atoms with van der Waals surface area (Å²) in [6.07, 6.45) is -6.17. The minimum Gasteiger partial charge on any atom is -0.394 e. The smallest absolute Gasteiger partial charge is 0.187 e. The lowest BCUT2D eigenvalue weighted by Crippen LogP contribution is -2.59. The summed E-state index contributed by atoms with van der Waals surface area (Å²) >= 11 is 0. The molecule has 4 N–H and O–H groups in total. The van der Waals surface area contributed by atoms with Crippen LogP contribution in [-0.4, -0.2) is 57.7 Å². The van der Waals surface area contributed by atoms with Crippen LogP contribution in [0.3, 0.4) is 0 Å². The Hall–Kier alpha value is -1.02. The molecule has 19 heavy (non-hydrogen) atoms. The maximum Gasteiger partial charge on any atom is 0.187 e. The molecule has 0 amide bonds. The average molecular weight is 270 g/mol. The Bertz CT molecular complexity index is 382. The van der Waals surface area contributed by atoms with Crippen molar-refractivity contribution in [1.29, 1.82) is 0 Å². The van der Waals surface area contributed by atoms with Crippen LogP contribution in [0.25, 0.3) is 0 Å². The molecule has 1 aromatic rings. The standard InChI is InChI=1S/C13H18O6/c14-6-9-10(15)11(16)12(17)13(19-9)18-7-8-4-2-1-3-5-8/h1-5,9-17H,6-7H2/t9-,10+,11+,12-,13-/m0/s1. The van der Waals surface area contributed by atoms with Crippen molar-refractivity contribution < 1.29 is 29.9 Å². The van der Waals surface area contributed by atoms with E-state index in [0.717, 1.165) is 5.56 Å². The summed E-state index contributed by atoms with van der Waals surface area (Å²) in [6, 6.07) is 9.28. The first-order valence-electron chi connectivity index (χ1n) is 6.09. The van der Waals surface area contributed by atoms with E-state index in [1.54, 1.807) is 0 Å². The van der Waals surface area contributed by atoms with Crippen molar-refractivity contribution in [3.8, 4) is 0 Å². The van der Waals surface area contributed by atoms with Gasteiger partial charge in [0.15, 0.2) is 6.29 Å². The van der Waals surface area contributed by atoms with Gasteiger partial charge in [0.05, 0.1) is 13.2 Å². The van der Waals surface area contributed by atoms with Crippen molar-refractivity contribution in [2.75, 3.05) is 6.61 Å². The van der Waals surface area contributed by atoms with Gasteiger partial charge in [-0.2, -0.15) is 0 Å². The molecule has 0 bridgehead atoms. The number of benzene rings is 1. The predicted molar refractivity (Wildman–Crippen MR) is 65.0 cm³/mol. The SMILES string of the molecule is OC[C@@H]1O[C@H](OCc2ccccc2)[C@@H](O)[C@H](O)[C@@H]1O. The summed E-state index contributed by atoms with van der Waals surface area (Å²) in [5.74, 6) is 0. The van der Waals surface area contributed by atoms with Crippen molar-refractivity contribution in [1.82, 2.24) is 0 Å². The van der Waals surface area contributed by atoms with E-state index in [2.05, 4.69) is 0 Å². The highest BCUT2D eigenvalue weighted by Gasteiger charge is 2.43. The largest absolute Gasteiger partial charge is 0.394 e. The fourth-order valence-electron chi connectivity index (χ4n) is 1.96. The second-order valence-electron chi connectivity index (χ2n) is 4.49. The molecular weight excluding hydrogens is 252 g/mol. The molecule has 5 atom stereocenters. The Labute approximate surface area is 110 Å². The number of rotatable bonds is 4. The van der Waals surface area contributed by atoms with Crippen LogP contribution in [0.2, 0.25) is 0 Å². The van der Waals surface area contributed by atoms with Crippen LogP contribution in [0.1, 0.15) is 5.56 Å². The summed E-state index contributed by atoms with van der Waals surface area (Å²) in [5, 5.41) is 38.0. The topological polar surface area (TPSA) is 99.4 Å². The first kappa shape index (κ1) is 14.4. The fraction of sp³-hybridized carbons (Fsp3) is 0.538. The zero-order valence-corrected chi connectivity index (χ0v) is 10.3. The average Bonchev–Trinajstić information content (AvgIpc) is 2.45. The van der Waals surface area contributed by atoms with Gasteiger partial charge in [-0.3, -0.25) is 0 Å². The van der Waals surface area contributed by atoms with Gasteiger partial charge in [-0.05, 0) is 5.56 Å². The minimum atomic E-state index is -1.41. The number of hydrogen-bond donors (Lipinski definition) is 4. The zero-order chi connectivity index (χ0) is 13.8. The number of ether oxygens (including phenoxy) is 2. The van der Waals surface area contributed by atoms with E-state index in [1.165, 1.54) is 0 Å². The lowest BCUT2D eigenvalue weighted by molar-refractivity contribution is -0.304. The fourth-order valence-corrected chi connectivity index (χ4v) is 1.96. The van der Waals surface area contributed by atoms with Gasteiger partial charge < -0.3 is 29.9 Å². The van der Waals surface area contributed by atoms with Crippen molar-refractivity contribution in [3.63, 3.8) is 0 Å². The molecule has 1 saturated heterocycles. The Morgan fingerprint density at radius 1 is 1.00 bits per heavy atom. The van der Waals surface area contributed by atoms with Gasteiger partial charge in [-0.15, -0.1) is 0 Å². The summed E-state index contributed by atoms with van der Waals surface area (Å²) < 4.78 is 10.6. The van der Waals surface area contributed by atoms with Crippen molar-refractivity contribution in [3.05, 3.63) is 35.9 Å². The van der Waals surface area contributed by atoms with Crippen molar-refractivity contribution in [2.24, 2.45) is 0 Å². The molecule has 0 spiro atoms. The molecule has 1 fully saturated rings. The molecule has 1 aliphatic heterocycles. The van der Waals surface area contributed by atoms with Gasteiger partial charge in [-0.1, -0.05) is 30.3 Å². The Kier molecular flexibility index (Phi) is 4.87. The molecule has 0 saturated carbocycles. The van der Waals surface area contributed by atoms with Crippen LogP contribution in [0.15, 0.2) is 30.3 Å². The molecule has 0 radical (unpaired) electrons. The van der Waals surface area contributed by atoms with E-state index < -0.39 is 37.3 Å². The van der Waals surface area contributed by atoms with Crippen LogP contribution >= 0.6 is 0 Å². The normalized spacial score (nSPS) is 35.3. The van der Waals surface area contributed by atoms with Crippen LogP contribution < -0.4 is 0 Å². The first-order valence-corrected chi connectivity index (χ1v) is 6.09. The lowest BCUT2D eigenvalue weighted by atomic mass is 9.99. The third-order valence-electron chi connectivity index (χ3n) is 3.11. The molecule has 1 aromatic carbocycles. The summed E-state index contributed by atoms with van der Waals surface area (Å²) in [5.41, 5.74) is 0.888. The Balaban J connectivity index is 1.95. The molecule has 6 heteroatoms. The molecular formula is C13H18O6. The number of hydrogen-bond acceptors (Lipinski definition) is 6. The van der Waals surface area contributed by atoms with E-state index in [0.29, 0.717) is 0 Å².